The quantitative estimate of drug-likeness (QED) is 0.835. The fraction of sp³-hybridized carbons (Fsp3) is 0.500. The molecule has 5 nitrogen and oxygen atoms in total. The third kappa shape index (κ3) is 2.49. The van der Waals surface area contributed by atoms with Crippen molar-refractivity contribution < 1.29 is 19.1 Å². The van der Waals surface area contributed by atoms with Gasteiger partial charge in [0.2, 0.25) is 0 Å². The molecule has 1 heterocycles. The molecule has 0 spiro atoms. The third-order valence-corrected chi connectivity index (χ3v) is 3.17. The van der Waals surface area contributed by atoms with Crippen LogP contribution in [0.3, 0.4) is 0 Å². The number of furan rings is 1. The van der Waals surface area contributed by atoms with E-state index in [0.717, 1.165) is 19.3 Å². The molecule has 0 atom stereocenters. The second-order valence-electron chi connectivity index (χ2n) is 4.60. The summed E-state index contributed by atoms with van der Waals surface area (Å²) in [7, 11) is 0. The van der Waals surface area contributed by atoms with Gasteiger partial charge in [-0.05, 0) is 32.3 Å². The van der Waals surface area contributed by atoms with Crippen molar-refractivity contribution in [2.24, 2.45) is 0 Å². The molecule has 1 fully saturated rings. The highest BCUT2D eigenvalue weighted by molar-refractivity contribution is 5.94. The van der Waals surface area contributed by atoms with Crippen LogP contribution in [0, 0.1) is 6.92 Å². The number of rotatable bonds is 4. The van der Waals surface area contributed by atoms with E-state index in [4.69, 9.17) is 9.52 Å². The van der Waals surface area contributed by atoms with E-state index in [1.807, 2.05) is 0 Å². The maximum atomic E-state index is 11.9. The summed E-state index contributed by atoms with van der Waals surface area (Å²) in [6.07, 6.45) is 3.77. The lowest BCUT2D eigenvalue weighted by molar-refractivity contribution is -0.139. The van der Waals surface area contributed by atoms with E-state index in [1.54, 1.807) is 13.0 Å². The van der Waals surface area contributed by atoms with E-state index in [-0.39, 0.29) is 12.3 Å². The summed E-state index contributed by atoms with van der Waals surface area (Å²) in [5, 5.41) is 11.6. The first-order valence-electron chi connectivity index (χ1n) is 5.60. The van der Waals surface area contributed by atoms with Crippen LogP contribution in [0.15, 0.2) is 16.7 Å². The molecule has 2 rings (SSSR count). The van der Waals surface area contributed by atoms with Crippen molar-refractivity contribution in [2.75, 3.05) is 0 Å². The molecule has 0 bridgehead atoms. The Morgan fingerprint density at radius 2 is 2.24 bits per heavy atom. The Morgan fingerprint density at radius 3 is 2.65 bits per heavy atom. The number of hydrogen-bond donors (Lipinski definition) is 2. The minimum absolute atomic E-state index is 0.0183. The summed E-state index contributed by atoms with van der Waals surface area (Å²) < 4.78 is 5.06. The van der Waals surface area contributed by atoms with Gasteiger partial charge < -0.3 is 14.8 Å². The van der Waals surface area contributed by atoms with E-state index >= 15 is 0 Å². The molecule has 1 aromatic rings. The monoisotopic (exact) mass is 237 g/mol. The van der Waals surface area contributed by atoms with Gasteiger partial charge in [0.05, 0.1) is 17.5 Å². The van der Waals surface area contributed by atoms with Gasteiger partial charge in [0.1, 0.15) is 12.0 Å². The van der Waals surface area contributed by atoms with Crippen molar-refractivity contribution in [3.05, 3.63) is 23.7 Å². The number of carbonyl (C=O) groups is 2. The summed E-state index contributed by atoms with van der Waals surface area (Å²) >= 11 is 0. The summed E-state index contributed by atoms with van der Waals surface area (Å²) in [6, 6.07) is 1.64. The molecule has 1 amide bonds. The summed E-state index contributed by atoms with van der Waals surface area (Å²) in [4.78, 5) is 22.6. The minimum Gasteiger partial charge on any atom is -0.481 e. The van der Waals surface area contributed by atoms with E-state index in [0.29, 0.717) is 11.3 Å². The van der Waals surface area contributed by atoms with Crippen LogP contribution in [-0.2, 0) is 4.79 Å². The minimum atomic E-state index is -0.881. The fourth-order valence-corrected chi connectivity index (χ4v) is 2.11. The molecule has 1 aliphatic rings. The number of aliphatic carboxylic acids is 1. The number of nitrogens with one attached hydrogen (secondary N) is 1. The number of carboxylic acids is 1. The molecule has 0 aliphatic heterocycles. The molecular formula is C12H15NO4. The van der Waals surface area contributed by atoms with Crippen LogP contribution in [0.4, 0.5) is 0 Å². The van der Waals surface area contributed by atoms with Crippen LogP contribution >= 0.6 is 0 Å². The van der Waals surface area contributed by atoms with Crippen molar-refractivity contribution in [3.8, 4) is 0 Å². The van der Waals surface area contributed by atoms with Crippen molar-refractivity contribution in [3.63, 3.8) is 0 Å². The molecule has 0 radical (unpaired) electrons. The van der Waals surface area contributed by atoms with E-state index in [9.17, 15) is 9.59 Å². The van der Waals surface area contributed by atoms with Crippen LogP contribution in [0.1, 0.15) is 41.8 Å². The van der Waals surface area contributed by atoms with Crippen LogP contribution in [-0.4, -0.2) is 22.5 Å². The van der Waals surface area contributed by atoms with Gasteiger partial charge in [-0.25, -0.2) is 0 Å². The van der Waals surface area contributed by atoms with Gasteiger partial charge >= 0.3 is 5.97 Å². The Kier molecular flexibility index (Phi) is 2.92. The van der Waals surface area contributed by atoms with Gasteiger partial charge in [-0.15, -0.1) is 0 Å². The number of amides is 1. The Bertz CT molecular complexity index is 445. The highest BCUT2D eigenvalue weighted by atomic mass is 16.4. The molecule has 5 heteroatoms. The first kappa shape index (κ1) is 11.7. The standard InChI is InChI=1S/C12H15NO4/c1-8-5-9(7-17-8)11(16)13-12(3-2-4-12)6-10(14)15/h5,7H,2-4,6H2,1H3,(H,13,16)(H,14,15). The largest absolute Gasteiger partial charge is 0.481 e. The second-order valence-corrected chi connectivity index (χ2v) is 4.60. The van der Waals surface area contributed by atoms with E-state index in [2.05, 4.69) is 5.32 Å². The van der Waals surface area contributed by atoms with Crippen LogP contribution < -0.4 is 5.32 Å². The molecule has 1 aromatic heterocycles. The Balaban J connectivity index is 2.04. The molecule has 0 unspecified atom stereocenters. The summed E-state index contributed by atoms with van der Waals surface area (Å²) in [6.45, 7) is 1.76. The van der Waals surface area contributed by atoms with Gasteiger partial charge in [-0.2, -0.15) is 0 Å². The number of carbonyl (C=O) groups excluding carboxylic acids is 1. The predicted octanol–water partition coefficient (Wildman–Crippen LogP) is 1.72. The normalized spacial score (nSPS) is 17.2. The summed E-state index contributed by atoms with van der Waals surface area (Å²) in [5.74, 6) is -0.479. The first-order chi connectivity index (χ1) is 8.01. The van der Waals surface area contributed by atoms with Gasteiger partial charge in [0, 0.05) is 0 Å². The van der Waals surface area contributed by atoms with Gasteiger partial charge in [0.25, 0.3) is 5.91 Å². The van der Waals surface area contributed by atoms with Gasteiger partial charge in [-0.1, -0.05) is 0 Å². The predicted molar refractivity (Wildman–Crippen MR) is 59.7 cm³/mol. The van der Waals surface area contributed by atoms with E-state index < -0.39 is 11.5 Å². The SMILES string of the molecule is Cc1cc(C(=O)NC2(CC(=O)O)CCC2)co1. The van der Waals surface area contributed by atoms with Crippen molar-refractivity contribution in [1.29, 1.82) is 0 Å². The van der Waals surface area contributed by atoms with Crippen molar-refractivity contribution >= 4 is 11.9 Å². The molecule has 0 saturated heterocycles. The van der Waals surface area contributed by atoms with Crippen LogP contribution in [0.2, 0.25) is 0 Å². The molecule has 1 saturated carbocycles. The zero-order valence-electron chi connectivity index (χ0n) is 9.66. The number of aryl methyl sites for hydroxylation is 1. The maximum absolute atomic E-state index is 11.9. The molecule has 17 heavy (non-hydrogen) atoms. The zero-order chi connectivity index (χ0) is 12.5. The average Bonchev–Trinajstić information content (AvgIpc) is 2.60. The molecule has 0 aromatic carbocycles. The highest BCUT2D eigenvalue weighted by Gasteiger charge is 2.40. The van der Waals surface area contributed by atoms with Gasteiger partial charge in [-0.3, -0.25) is 9.59 Å². The van der Waals surface area contributed by atoms with Crippen LogP contribution in [0.25, 0.3) is 0 Å². The average molecular weight is 237 g/mol. The Morgan fingerprint density at radius 1 is 1.53 bits per heavy atom. The zero-order valence-corrected chi connectivity index (χ0v) is 9.66. The lowest BCUT2D eigenvalue weighted by atomic mass is 9.74. The third-order valence-electron chi connectivity index (χ3n) is 3.17. The van der Waals surface area contributed by atoms with Crippen molar-refractivity contribution in [2.45, 2.75) is 38.1 Å². The van der Waals surface area contributed by atoms with Crippen molar-refractivity contribution in [1.82, 2.24) is 5.32 Å². The molecule has 2 N–H and O–H groups in total. The molecule has 1 aliphatic carbocycles. The van der Waals surface area contributed by atoms with E-state index in [1.165, 1.54) is 6.26 Å². The lowest BCUT2D eigenvalue weighted by Gasteiger charge is -2.41. The first-order valence-corrected chi connectivity index (χ1v) is 5.60. The smallest absolute Gasteiger partial charge is 0.305 e. The maximum Gasteiger partial charge on any atom is 0.305 e. The van der Waals surface area contributed by atoms with Gasteiger partial charge in [0.15, 0.2) is 0 Å². The Labute approximate surface area is 98.8 Å². The second kappa shape index (κ2) is 4.24. The molecule has 92 valence electrons. The van der Waals surface area contributed by atoms with Crippen LogP contribution in [0.5, 0.6) is 0 Å². The fourth-order valence-electron chi connectivity index (χ4n) is 2.11. The number of carboxylic acid groups (broad SMARTS) is 1. The number of hydrogen-bond acceptors (Lipinski definition) is 3. The lowest BCUT2D eigenvalue weighted by Crippen LogP contribution is -2.54. The topological polar surface area (TPSA) is 79.5 Å². The Hall–Kier alpha value is -1.78. The summed E-state index contributed by atoms with van der Waals surface area (Å²) in [5.41, 5.74) is -0.118. The highest BCUT2D eigenvalue weighted by Crippen LogP contribution is 2.35. The molecular weight excluding hydrogens is 222 g/mol.